The molecule has 1 heterocycles. The molecule has 0 unspecified atom stereocenters. The highest BCUT2D eigenvalue weighted by molar-refractivity contribution is 5.75. The second-order valence-corrected chi connectivity index (χ2v) is 3.05. The van der Waals surface area contributed by atoms with Crippen molar-refractivity contribution in [3.05, 3.63) is 30.0 Å². The minimum Gasteiger partial charge on any atom is -0.480 e. The predicted octanol–water partition coefficient (Wildman–Crippen LogP) is 1.03. The topological polar surface area (TPSA) is 70.3 Å². The van der Waals surface area contributed by atoms with Crippen LogP contribution in [0.25, 0.3) is 11.0 Å². The van der Waals surface area contributed by atoms with Crippen molar-refractivity contribution >= 4 is 11.0 Å². The molecule has 15 heavy (non-hydrogen) atoms. The molecule has 78 valence electrons. The van der Waals surface area contributed by atoms with Gasteiger partial charge >= 0.3 is 0 Å². The van der Waals surface area contributed by atoms with Gasteiger partial charge in [-0.25, -0.2) is 15.9 Å². The van der Waals surface area contributed by atoms with Gasteiger partial charge in [-0.2, -0.15) is 0 Å². The van der Waals surface area contributed by atoms with Gasteiger partial charge in [0.25, 0.3) is 0 Å². The molecule has 0 saturated heterocycles. The van der Waals surface area contributed by atoms with Crippen LogP contribution in [0.2, 0.25) is 0 Å². The Hall–Kier alpha value is -1.72. The Labute approximate surface area is 86.8 Å². The quantitative estimate of drug-likeness (QED) is 0.758. The highest BCUT2D eigenvalue weighted by atomic mass is 16.6. The van der Waals surface area contributed by atoms with Crippen molar-refractivity contribution in [3.8, 4) is 5.88 Å². The molecular weight excluding hydrogens is 194 g/mol. The van der Waals surface area contributed by atoms with E-state index in [0.29, 0.717) is 12.5 Å². The normalized spacial score (nSPS) is 10.5. The summed E-state index contributed by atoms with van der Waals surface area (Å²) in [4.78, 5) is 13.0. The highest BCUT2D eigenvalue weighted by Gasteiger charge is 2.01. The van der Waals surface area contributed by atoms with E-state index < -0.39 is 0 Å². The van der Waals surface area contributed by atoms with Gasteiger partial charge in [0.2, 0.25) is 5.88 Å². The third-order valence-corrected chi connectivity index (χ3v) is 2.04. The van der Waals surface area contributed by atoms with Crippen LogP contribution in [0.15, 0.2) is 24.4 Å². The Morgan fingerprint density at radius 2 is 2.20 bits per heavy atom. The summed E-state index contributed by atoms with van der Waals surface area (Å²) in [7, 11) is 1.56. The van der Waals surface area contributed by atoms with Crippen LogP contribution >= 0.6 is 0 Å². The summed E-state index contributed by atoms with van der Waals surface area (Å²) >= 11 is 0. The van der Waals surface area contributed by atoms with E-state index in [1.165, 1.54) is 0 Å². The average molecular weight is 205 g/mol. The van der Waals surface area contributed by atoms with Crippen molar-refractivity contribution in [1.82, 2.24) is 9.97 Å². The molecule has 5 nitrogen and oxygen atoms in total. The number of hydrogen-bond donors (Lipinski definition) is 1. The summed E-state index contributed by atoms with van der Waals surface area (Å²) < 4.78 is 4.98. The Morgan fingerprint density at radius 1 is 1.33 bits per heavy atom. The molecule has 0 saturated carbocycles. The number of ether oxygens (including phenoxy) is 1. The van der Waals surface area contributed by atoms with Crippen LogP contribution in [-0.2, 0) is 11.4 Å². The Balaban J connectivity index is 2.45. The van der Waals surface area contributed by atoms with Gasteiger partial charge in [-0.1, -0.05) is 6.07 Å². The monoisotopic (exact) mass is 205 g/mol. The van der Waals surface area contributed by atoms with Gasteiger partial charge in [-0.05, 0) is 17.7 Å². The minimum atomic E-state index is 0.365. The largest absolute Gasteiger partial charge is 0.480 e. The first-order chi connectivity index (χ1) is 7.33. The third kappa shape index (κ3) is 2.03. The maximum Gasteiger partial charge on any atom is 0.232 e. The summed E-state index contributed by atoms with van der Waals surface area (Å²) in [6, 6.07) is 5.64. The van der Waals surface area contributed by atoms with Crippen molar-refractivity contribution in [2.45, 2.75) is 6.61 Å². The minimum absolute atomic E-state index is 0.365. The van der Waals surface area contributed by atoms with Crippen molar-refractivity contribution in [2.24, 2.45) is 5.90 Å². The predicted molar refractivity (Wildman–Crippen MR) is 55.1 cm³/mol. The number of methoxy groups -OCH3 is 1. The van der Waals surface area contributed by atoms with E-state index in [9.17, 15) is 0 Å². The first kappa shape index (κ1) is 9.82. The molecule has 2 rings (SSSR count). The number of nitrogens with zero attached hydrogens (tertiary/aromatic N) is 2. The van der Waals surface area contributed by atoms with E-state index >= 15 is 0 Å². The van der Waals surface area contributed by atoms with E-state index in [2.05, 4.69) is 14.8 Å². The molecule has 1 aromatic carbocycles. The van der Waals surface area contributed by atoms with Gasteiger partial charge in [0, 0.05) is 0 Å². The Bertz CT molecular complexity index is 473. The van der Waals surface area contributed by atoms with Crippen LogP contribution < -0.4 is 10.6 Å². The number of nitrogens with two attached hydrogens (primary N) is 1. The van der Waals surface area contributed by atoms with Gasteiger partial charge in [-0.15, -0.1) is 0 Å². The van der Waals surface area contributed by atoms with E-state index in [-0.39, 0.29) is 0 Å². The summed E-state index contributed by atoms with van der Waals surface area (Å²) in [6.07, 6.45) is 1.58. The molecule has 0 bridgehead atoms. The SMILES string of the molecule is COc1cnc2cc(CON)ccc2n1. The number of fused-ring (bicyclic) bond motifs is 1. The maximum atomic E-state index is 4.99. The Kier molecular flexibility index (Phi) is 2.75. The molecule has 0 spiro atoms. The van der Waals surface area contributed by atoms with Gasteiger partial charge in [0.1, 0.15) is 0 Å². The molecule has 0 atom stereocenters. The van der Waals surface area contributed by atoms with E-state index in [0.717, 1.165) is 16.6 Å². The van der Waals surface area contributed by atoms with Crippen LogP contribution in [0.1, 0.15) is 5.56 Å². The van der Waals surface area contributed by atoms with Gasteiger partial charge < -0.3 is 4.74 Å². The average Bonchev–Trinajstić information content (AvgIpc) is 2.29. The van der Waals surface area contributed by atoms with Crippen molar-refractivity contribution < 1.29 is 9.57 Å². The van der Waals surface area contributed by atoms with Crippen LogP contribution in [0.4, 0.5) is 0 Å². The second kappa shape index (κ2) is 4.20. The fourth-order valence-corrected chi connectivity index (χ4v) is 1.32. The lowest BCUT2D eigenvalue weighted by atomic mass is 10.2. The van der Waals surface area contributed by atoms with Crippen molar-refractivity contribution in [1.29, 1.82) is 0 Å². The molecule has 2 aromatic rings. The summed E-state index contributed by atoms with van der Waals surface area (Å²) in [5.41, 5.74) is 2.55. The molecule has 2 N–H and O–H groups in total. The van der Waals surface area contributed by atoms with Crippen LogP contribution in [-0.4, -0.2) is 17.1 Å². The first-order valence-electron chi connectivity index (χ1n) is 4.45. The van der Waals surface area contributed by atoms with Crippen molar-refractivity contribution in [3.63, 3.8) is 0 Å². The molecule has 5 heteroatoms. The van der Waals surface area contributed by atoms with Crippen molar-refractivity contribution in [2.75, 3.05) is 7.11 Å². The smallest absolute Gasteiger partial charge is 0.232 e. The lowest BCUT2D eigenvalue weighted by Crippen LogP contribution is -1.99. The first-order valence-corrected chi connectivity index (χ1v) is 4.45. The van der Waals surface area contributed by atoms with Crippen LogP contribution in [0.5, 0.6) is 5.88 Å². The molecular formula is C10H11N3O2. The van der Waals surface area contributed by atoms with E-state index in [1.54, 1.807) is 13.3 Å². The number of rotatable bonds is 3. The zero-order valence-electron chi connectivity index (χ0n) is 8.30. The van der Waals surface area contributed by atoms with Gasteiger partial charge in [-0.3, -0.25) is 4.84 Å². The number of hydrogen-bond acceptors (Lipinski definition) is 5. The highest BCUT2D eigenvalue weighted by Crippen LogP contribution is 2.15. The molecule has 0 radical (unpaired) electrons. The fraction of sp³-hybridized carbons (Fsp3) is 0.200. The molecule has 0 aliphatic heterocycles. The standard InChI is InChI=1S/C10H11N3O2/c1-14-10-5-12-9-4-7(6-15-11)2-3-8(9)13-10/h2-5H,6,11H2,1H3. The molecule has 0 aliphatic carbocycles. The molecule has 0 amide bonds. The third-order valence-electron chi connectivity index (χ3n) is 2.04. The lowest BCUT2D eigenvalue weighted by molar-refractivity contribution is 0.124. The van der Waals surface area contributed by atoms with Crippen LogP contribution in [0.3, 0.4) is 0 Å². The summed E-state index contributed by atoms with van der Waals surface area (Å²) in [6.45, 7) is 0.365. The maximum absolute atomic E-state index is 4.99. The lowest BCUT2D eigenvalue weighted by Gasteiger charge is -2.02. The number of aromatic nitrogens is 2. The molecule has 0 aliphatic rings. The second-order valence-electron chi connectivity index (χ2n) is 3.05. The van der Waals surface area contributed by atoms with Gasteiger partial charge in [0.05, 0.1) is 30.9 Å². The van der Waals surface area contributed by atoms with Crippen LogP contribution in [0, 0.1) is 0 Å². The molecule has 0 fully saturated rings. The summed E-state index contributed by atoms with van der Waals surface area (Å²) in [5.74, 6) is 5.50. The summed E-state index contributed by atoms with van der Waals surface area (Å²) in [5, 5.41) is 0. The fourth-order valence-electron chi connectivity index (χ4n) is 1.32. The number of benzene rings is 1. The van der Waals surface area contributed by atoms with E-state index in [4.69, 9.17) is 10.6 Å². The Morgan fingerprint density at radius 3 is 2.93 bits per heavy atom. The zero-order chi connectivity index (χ0) is 10.7. The van der Waals surface area contributed by atoms with E-state index in [1.807, 2.05) is 18.2 Å². The zero-order valence-corrected chi connectivity index (χ0v) is 8.30. The van der Waals surface area contributed by atoms with Gasteiger partial charge in [0.15, 0.2) is 0 Å². The molecule has 1 aromatic heterocycles.